The van der Waals surface area contributed by atoms with Crippen LogP contribution >= 0.6 is 15.9 Å². The Labute approximate surface area is 131 Å². The number of carbonyl (C=O) groups is 1. The van der Waals surface area contributed by atoms with Crippen LogP contribution in [0, 0.1) is 0 Å². The van der Waals surface area contributed by atoms with E-state index in [0.717, 1.165) is 0 Å². The zero-order chi connectivity index (χ0) is 15.6. The van der Waals surface area contributed by atoms with E-state index in [1.54, 1.807) is 0 Å². The fourth-order valence-electron chi connectivity index (χ4n) is 2.04. The van der Waals surface area contributed by atoms with Crippen LogP contribution in [0.4, 0.5) is 5.69 Å². The first-order valence-corrected chi connectivity index (χ1v) is 8.49. The van der Waals surface area contributed by atoms with E-state index < -0.39 is 10.0 Å². The van der Waals surface area contributed by atoms with Gasteiger partial charge in [-0.25, -0.2) is 8.42 Å². The smallest absolute Gasteiger partial charge is 0.246 e. The molecular formula is C12H16BrN3O4S. The first kappa shape index (κ1) is 16.1. The van der Waals surface area contributed by atoms with Crippen LogP contribution < -0.4 is 15.8 Å². The van der Waals surface area contributed by atoms with Crippen LogP contribution in [0.1, 0.15) is 6.42 Å². The van der Waals surface area contributed by atoms with Crippen LogP contribution in [0.15, 0.2) is 21.5 Å². The molecule has 1 heterocycles. The van der Waals surface area contributed by atoms with Crippen molar-refractivity contribution in [2.24, 2.45) is 0 Å². The maximum Gasteiger partial charge on any atom is 0.246 e. The molecule has 1 saturated heterocycles. The molecule has 0 saturated carbocycles. The molecule has 0 radical (unpaired) electrons. The van der Waals surface area contributed by atoms with Crippen LogP contribution in [0.2, 0.25) is 0 Å². The van der Waals surface area contributed by atoms with E-state index in [1.807, 2.05) is 0 Å². The van der Waals surface area contributed by atoms with Crippen LogP contribution in [0.5, 0.6) is 5.75 Å². The molecule has 1 aromatic rings. The van der Waals surface area contributed by atoms with Gasteiger partial charge in [0.25, 0.3) is 0 Å². The molecule has 2 rings (SSSR count). The zero-order valence-electron chi connectivity index (χ0n) is 11.4. The third kappa shape index (κ3) is 3.30. The normalized spacial score (nSPS) is 17.1. The predicted molar refractivity (Wildman–Crippen MR) is 81.5 cm³/mol. The summed E-state index contributed by atoms with van der Waals surface area (Å²) in [5, 5.41) is 2.64. The lowest BCUT2D eigenvalue weighted by Gasteiger charge is -2.21. The molecular weight excluding hydrogens is 362 g/mol. The summed E-state index contributed by atoms with van der Waals surface area (Å²) < 4.78 is 32.4. The van der Waals surface area contributed by atoms with Gasteiger partial charge >= 0.3 is 0 Å². The molecule has 1 aliphatic rings. The predicted octanol–water partition coefficient (Wildman–Crippen LogP) is 0.550. The van der Waals surface area contributed by atoms with Gasteiger partial charge in [-0.2, -0.15) is 4.31 Å². The molecule has 7 nitrogen and oxygen atoms in total. The highest BCUT2D eigenvalue weighted by Crippen LogP contribution is 2.34. The summed E-state index contributed by atoms with van der Waals surface area (Å²) in [4.78, 5) is 11.3. The van der Waals surface area contributed by atoms with Gasteiger partial charge in [0, 0.05) is 36.2 Å². The standard InChI is InChI=1S/C12H16BrN3O4S/c1-20-10-6-8(13)9(14)7-11(10)21(18,19)16-4-2-12(17)15-3-5-16/h6-7H,2-5,14H2,1H3,(H,15,17). The molecule has 0 bridgehead atoms. The highest BCUT2D eigenvalue weighted by Gasteiger charge is 2.30. The number of nitrogens with zero attached hydrogens (tertiary/aromatic N) is 1. The number of benzene rings is 1. The van der Waals surface area contributed by atoms with Crippen molar-refractivity contribution in [1.82, 2.24) is 9.62 Å². The van der Waals surface area contributed by atoms with Crippen molar-refractivity contribution in [1.29, 1.82) is 0 Å². The number of amides is 1. The van der Waals surface area contributed by atoms with Crippen LogP contribution in [0.3, 0.4) is 0 Å². The molecule has 1 aromatic carbocycles. The molecule has 0 spiro atoms. The molecule has 0 atom stereocenters. The highest BCUT2D eigenvalue weighted by molar-refractivity contribution is 9.10. The number of methoxy groups -OCH3 is 1. The minimum Gasteiger partial charge on any atom is -0.495 e. The summed E-state index contributed by atoms with van der Waals surface area (Å²) in [5.41, 5.74) is 6.08. The van der Waals surface area contributed by atoms with Crippen LogP contribution in [-0.2, 0) is 14.8 Å². The molecule has 1 aliphatic heterocycles. The minimum atomic E-state index is -3.78. The number of rotatable bonds is 3. The summed E-state index contributed by atoms with van der Waals surface area (Å²) in [6.45, 7) is 0.632. The Bertz CT molecular complexity index is 663. The molecule has 0 unspecified atom stereocenters. The van der Waals surface area contributed by atoms with Gasteiger partial charge in [0.1, 0.15) is 10.6 Å². The molecule has 0 aliphatic carbocycles. The van der Waals surface area contributed by atoms with Gasteiger partial charge in [-0.1, -0.05) is 0 Å². The third-order valence-electron chi connectivity index (χ3n) is 3.17. The number of nitrogens with two attached hydrogens (primary N) is 1. The number of halogens is 1. The van der Waals surface area contributed by atoms with Crippen molar-refractivity contribution in [2.75, 3.05) is 32.5 Å². The molecule has 1 amide bonds. The molecule has 21 heavy (non-hydrogen) atoms. The lowest BCUT2D eigenvalue weighted by molar-refractivity contribution is -0.120. The van der Waals surface area contributed by atoms with Gasteiger partial charge in [0.2, 0.25) is 15.9 Å². The zero-order valence-corrected chi connectivity index (χ0v) is 13.8. The fraction of sp³-hybridized carbons (Fsp3) is 0.417. The number of hydrogen-bond donors (Lipinski definition) is 2. The van der Waals surface area contributed by atoms with Crippen molar-refractivity contribution in [3.8, 4) is 5.75 Å². The monoisotopic (exact) mass is 377 g/mol. The van der Waals surface area contributed by atoms with Gasteiger partial charge in [0.15, 0.2) is 0 Å². The van der Waals surface area contributed by atoms with Gasteiger partial charge in [-0.05, 0) is 28.1 Å². The maximum atomic E-state index is 12.7. The Kier molecular flexibility index (Phi) is 4.74. The highest BCUT2D eigenvalue weighted by atomic mass is 79.9. The van der Waals surface area contributed by atoms with E-state index in [2.05, 4.69) is 21.2 Å². The first-order chi connectivity index (χ1) is 9.86. The number of hydrogen-bond acceptors (Lipinski definition) is 5. The molecule has 116 valence electrons. The Hall–Kier alpha value is -1.32. The lowest BCUT2D eigenvalue weighted by atomic mass is 10.3. The second kappa shape index (κ2) is 6.20. The summed E-state index contributed by atoms with van der Waals surface area (Å²) in [5.74, 6) is 0.0505. The average Bonchev–Trinajstić information content (AvgIpc) is 2.66. The summed E-state index contributed by atoms with van der Waals surface area (Å²) in [6, 6.07) is 2.88. The summed E-state index contributed by atoms with van der Waals surface area (Å²) in [7, 11) is -2.38. The second-order valence-electron chi connectivity index (χ2n) is 4.53. The van der Waals surface area contributed by atoms with E-state index in [0.29, 0.717) is 10.2 Å². The maximum absolute atomic E-state index is 12.7. The van der Waals surface area contributed by atoms with E-state index >= 15 is 0 Å². The van der Waals surface area contributed by atoms with E-state index in [9.17, 15) is 13.2 Å². The summed E-state index contributed by atoms with van der Waals surface area (Å²) in [6.07, 6.45) is 0.132. The van der Waals surface area contributed by atoms with Crippen molar-refractivity contribution >= 4 is 37.5 Å². The van der Waals surface area contributed by atoms with Gasteiger partial charge in [-0.15, -0.1) is 0 Å². The molecule has 9 heteroatoms. The third-order valence-corrected chi connectivity index (χ3v) is 5.78. The van der Waals surface area contributed by atoms with Gasteiger partial charge in [0.05, 0.1) is 7.11 Å². The molecule has 3 N–H and O–H groups in total. The van der Waals surface area contributed by atoms with Crippen molar-refractivity contribution < 1.29 is 17.9 Å². The van der Waals surface area contributed by atoms with Crippen LogP contribution in [0.25, 0.3) is 0 Å². The van der Waals surface area contributed by atoms with Gasteiger partial charge < -0.3 is 15.8 Å². The molecule has 0 aromatic heterocycles. The minimum absolute atomic E-state index is 0.0000454. The summed E-state index contributed by atoms with van der Waals surface area (Å²) >= 11 is 3.24. The van der Waals surface area contributed by atoms with E-state index in [4.69, 9.17) is 10.5 Å². The number of ether oxygens (including phenoxy) is 1. The molecule has 1 fully saturated rings. The fourth-order valence-corrected chi connectivity index (χ4v) is 3.97. The van der Waals surface area contributed by atoms with Crippen LogP contribution in [-0.4, -0.2) is 45.4 Å². The largest absolute Gasteiger partial charge is 0.495 e. The van der Waals surface area contributed by atoms with Crippen molar-refractivity contribution in [3.63, 3.8) is 0 Å². The van der Waals surface area contributed by atoms with E-state index in [1.165, 1.54) is 23.5 Å². The first-order valence-electron chi connectivity index (χ1n) is 6.26. The van der Waals surface area contributed by atoms with Gasteiger partial charge in [-0.3, -0.25) is 4.79 Å². The second-order valence-corrected chi connectivity index (χ2v) is 7.29. The van der Waals surface area contributed by atoms with E-state index in [-0.39, 0.29) is 42.6 Å². The number of sulfonamides is 1. The Morgan fingerprint density at radius 1 is 1.38 bits per heavy atom. The van der Waals surface area contributed by atoms with Crippen molar-refractivity contribution in [3.05, 3.63) is 16.6 Å². The SMILES string of the molecule is COc1cc(Br)c(N)cc1S(=O)(=O)N1CCNC(=O)CC1. The number of nitrogens with one attached hydrogen (secondary N) is 1. The Balaban J connectivity index is 2.43. The Morgan fingerprint density at radius 3 is 2.76 bits per heavy atom. The number of carbonyl (C=O) groups excluding carboxylic acids is 1. The lowest BCUT2D eigenvalue weighted by Crippen LogP contribution is -2.34. The number of nitrogen functional groups attached to an aromatic ring is 1. The topological polar surface area (TPSA) is 102 Å². The Morgan fingerprint density at radius 2 is 2.10 bits per heavy atom. The average molecular weight is 378 g/mol. The quantitative estimate of drug-likeness (QED) is 0.748. The van der Waals surface area contributed by atoms with Crippen molar-refractivity contribution in [2.45, 2.75) is 11.3 Å². The number of anilines is 1.